The number of piperazine rings is 1. The van der Waals surface area contributed by atoms with Crippen molar-refractivity contribution in [3.63, 3.8) is 0 Å². The largest absolute Gasteiger partial charge is 0.342 e. The molecule has 0 aromatic rings. The maximum absolute atomic E-state index is 12.5. The van der Waals surface area contributed by atoms with Gasteiger partial charge in [0.15, 0.2) is 0 Å². The average Bonchev–Trinajstić information content (AvgIpc) is 2.40. The molecule has 6 nitrogen and oxygen atoms in total. The van der Waals surface area contributed by atoms with Crippen LogP contribution in [0, 0.1) is 5.92 Å². The zero-order valence-corrected chi connectivity index (χ0v) is 12.8. The first-order valence-electron chi connectivity index (χ1n) is 7.14. The quantitative estimate of drug-likeness (QED) is 0.791. The van der Waals surface area contributed by atoms with Crippen molar-refractivity contribution in [2.75, 3.05) is 18.1 Å². The molecule has 2 unspecified atom stereocenters. The molecule has 2 rings (SSSR count). The van der Waals surface area contributed by atoms with Crippen LogP contribution in [0.15, 0.2) is 0 Å². The van der Waals surface area contributed by atoms with Gasteiger partial charge in [0.05, 0.1) is 18.1 Å². The molecule has 0 aromatic carbocycles. The number of hydrogen-bond acceptors (Lipinski definition) is 4. The van der Waals surface area contributed by atoms with Gasteiger partial charge in [-0.2, -0.15) is 0 Å². The minimum absolute atomic E-state index is 0.0521. The third-order valence-corrected chi connectivity index (χ3v) is 6.07. The van der Waals surface area contributed by atoms with Crippen LogP contribution in [0.3, 0.4) is 0 Å². The summed E-state index contributed by atoms with van der Waals surface area (Å²) in [5.74, 6) is 0.0851. The number of carbonyl (C=O) groups is 2. The Morgan fingerprint density at radius 1 is 1.30 bits per heavy atom. The Morgan fingerprint density at radius 2 is 1.90 bits per heavy atom. The molecule has 20 heavy (non-hydrogen) atoms. The summed E-state index contributed by atoms with van der Waals surface area (Å²) in [6.07, 6.45) is 1.69. The van der Waals surface area contributed by atoms with Crippen LogP contribution in [0.2, 0.25) is 0 Å². The highest BCUT2D eigenvalue weighted by Crippen LogP contribution is 2.22. The van der Waals surface area contributed by atoms with Gasteiger partial charge in [-0.1, -0.05) is 20.3 Å². The summed E-state index contributed by atoms with van der Waals surface area (Å²) in [5, 5.41) is 2.75. The van der Waals surface area contributed by atoms with Crippen molar-refractivity contribution in [1.82, 2.24) is 10.2 Å². The van der Waals surface area contributed by atoms with Gasteiger partial charge in [-0.15, -0.1) is 0 Å². The van der Waals surface area contributed by atoms with Crippen LogP contribution in [-0.4, -0.2) is 55.3 Å². The molecule has 0 saturated carbocycles. The minimum Gasteiger partial charge on any atom is -0.342 e. The molecule has 0 bridgehead atoms. The average molecular weight is 302 g/mol. The predicted octanol–water partition coefficient (Wildman–Crippen LogP) is -0.0633. The number of sulfone groups is 1. The van der Waals surface area contributed by atoms with E-state index < -0.39 is 15.9 Å². The molecule has 2 amide bonds. The molecule has 2 atom stereocenters. The van der Waals surface area contributed by atoms with Crippen LogP contribution in [0.4, 0.5) is 0 Å². The smallest absolute Gasteiger partial charge is 0.246 e. The van der Waals surface area contributed by atoms with Gasteiger partial charge in [-0.25, -0.2) is 8.42 Å². The fraction of sp³-hybridized carbons (Fsp3) is 0.846. The van der Waals surface area contributed by atoms with Crippen LogP contribution in [0.25, 0.3) is 0 Å². The third-order valence-electron chi connectivity index (χ3n) is 4.36. The van der Waals surface area contributed by atoms with Crippen molar-refractivity contribution < 1.29 is 18.0 Å². The Kier molecular flexibility index (Phi) is 4.36. The molecule has 2 aliphatic rings. The molecular weight excluding hydrogens is 280 g/mol. The Labute approximate surface area is 119 Å². The van der Waals surface area contributed by atoms with Gasteiger partial charge in [0.25, 0.3) is 0 Å². The van der Waals surface area contributed by atoms with Gasteiger partial charge in [0.2, 0.25) is 11.8 Å². The highest BCUT2D eigenvalue weighted by molar-refractivity contribution is 7.91. The summed E-state index contributed by atoms with van der Waals surface area (Å²) in [6.45, 7) is 3.98. The van der Waals surface area contributed by atoms with Crippen LogP contribution >= 0.6 is 0 Å². The maximum Gasteiger partial charge on any atom is 0.246 e. The van der Waals surface area contributed by atoms with E-state index in [1.54, 1.807) is 4.90 Å². The summed E-state index contributed by atoms with van der Waals surface area (Å²) >= 11 is 0. The highest BCUT2D eigenvalue weighted by atomic mass is 32.2. The lowest BCUT2D eigenvalue weighted by atomic mass is 9.94. The molecule has 2 aliphatic heterocycles. The molecule has 2 saturated heterocycles. The number of nitrogens with zero attached hydrogens (tertiary/aromatic N) is 1. The number of hydrogen-bond donors (Lipinski definition) is 1. The first-order valence-corrected chi connectivity index (χ1v) is 8.96. The van der Waals surface area contributed by atoms with Gasteiger partial charge < -0.3 is 10.2 Å². The van der Waals surface area contributed by atoms with Gasteiger partial charge in [-0.05, 0) is 18.8 Å². The fourth-order valence-electron chi connectivity index (χ4n) is 2.81. The van der Waals surface area contributed by atoms with E-state index in [-0.39, 0.29) is 41.8 Å². The van der Waals surface area contributed by atoms with E-state index in [1.165, 1.54) is 0 Å². The molecule has 0 spiro atoms. The van der Waals surface area contributed by atoms with E-state index in [1.807, 2.05) is 13.8 Å². The SMILES string of the molecule is CCC(C)C1NC(=O)CN(C2CCS(=O)(=O)CC2)C1=O. The highest BCUT2D eigenvalue weighted by Gasteiger charge is 2.40. The van der Waals surface area contributed by atoms with Crippen LogP contribution in [0.5, 0.6) is 0 Å². The van der Waals surface area contributed by atoms with E-state index in [0.717, 1.165) is 6.42 Å². The van der Waals surface area contributed by atoms with E-state index in [4.69, 9.17) is 0 Å². The van der Waals surface area contributed by atoms with Gasteiger partial charge in [0, 0.05) is 6.04 Å². The Morgan fingerprint density at radius 3 is 2.45 bits per heavy atom. The molecule has 2 fully saturated rings. The normalized spacial score (nSPS) is 29.1. The summed E-state index contributed by atoms with van der Waals surface area (Å²) in [7, 11) is -2.96. The van der Waals surface area contributed by atoms with Crippen LogP contribution in [-0.2, 0) is 19.4 Å². The van der Waals surface area contributed by atoms with Crippen LogP contribution in [0.1, 0.15) is 33.1 Å². The second-order valence-corrected chi connectivity index (χ2v) is 8.08. The second kappa shape index (κ2) is 5.71. The fourth-order valence-corrected chi connectivity index (χ4v) is 4.28. The van der Waals surface area contributed by atoms with E-state index in [9.17, 15) is 18.0 Å². The number of rotatable bonds is 3. The zero-order valence-electron chi connectivity index (χ0n) is 12.0. The summed E-state index contributed by atoms with van der Waals surface area (Å²) in [6, 6.07) is -0.594. The Bertz CT molecular complexity index is 489. The lowest BCUT2D eigenvalue weighted by molar-refractivity contribution is -0.148. The van der Waals surface area contributed by atoms with Crippen molar-refractivity contribution in [2.24, 2.45) is 5.92 Å². The number of amides is 2. The van der Waals surface area contributed by atoms with E-state index in [2.05, 4.69) is 5.32 Å². The molecule has 1 N–H and O–H groups in total. The van der Waals surface area contributed by atoms with Crippen molar-refractivity contribution in [1.29, 1.82) is 0 Å². The minimum atomic E-state index is -2.96. The molecular formula is C13H22N2O4S. The van der Waals surface area contributed by atoms with E-state index >= 15 is 0 Å². The van der Waals surface area contributed by atoms with Crippen molar-refractivity contribution in [3.05, 3.63) is 0 Å². The Balaban J connectivity index is 2.11. The monoisotopic (exact) mass is 302 g/mol. The first-order chi connectivity index (χ1) is 9.34. The lowest BCUT2D eigenvalue weighted by Crippen LogP contribution is -2.63. The lowest BCUT2D eigenvalue weighted by Gasteiger charge is -2.40. The number of nitrogens with one attached hydrogen (secondary N) is 1. The standard InChI is InChI=1S/C13H22N2O4S/c1-3-9(2)12-13(17)15(8-11(16)14-12)10-4-6-20(18,19)7-5-10/h9-10,12H,3-8H2,1-2H3,(H,14,16). The summed E-state index contributed by atoms with van der Waals surface area (Å²) in [4.78, 5) is 25.9. The third kappa shape index (κ3) is 3.13. The Hall–Kier alpha value is -1.11. The van der Waals surface area contributed by atoms with Gasteiger partial charge >= 0.3 is 0 Å². The summed E-state index contributed by atoms with van der Waals surface area (Å²) < 4.78 is 22.9. The van der Waals surface area contributed by atoms with Gasteiger partial charge in [-0.3, -0.25) is 9.59 Å². The zero-order chi connectivity index (χ0) is 14.9. The van der Waals surface area contributed by atoms with Crippen molar-refractivity contribution >= 4 is 21.7 Å². The molecule has 0 aromatic heterocycles. The molecule has 114 valence electrons. The molecule has 7 heteroatoms. The maximum atomic E-state index is 12.5. The van der Waals surface area contributed by atoms with E-state index in [0.29, 0.717) is 12.8 Å². The van der Waals surface area contributed by atoms with Crippen LogP contribution < -0.4 is 5.32 Å². The molecule has 0 radical (unpaired) electrons. The second-order valence-electron chi connectivity index (χ2n) is 5.78. The number of carbonyl (C=O) groups excluding carboxylic acids is 2. The topological polar surface area (TPSA) is 83.6 Å². The molecule has 0 aliphatic carbocycles. The van der Waals surface area contributed by atoms with Gasteiger partial charge in [0.1, 0.15) is 15.9 Å². The van der Waals surface area contributed by atoms with Crippen molar-refractivity contribution in [2.45, 2.75) is 45.2 Å². The van der Waals surface area contributed by atoms with Crippen molar-refractivity contribution in [3.8, 4) is 0 Å². The summed E-state index contributed by atoms with van der Waals surface area (Å²) in [5.41, 5.74) is 0. The predicted molar refractivity (Wildman–Crippen MR) is 74.8 cm³/mol. The first kappa shape index (κ1) is 15.3. The molecule has 2 heterocycles.